The number of ether oxygens (including phenoxy) is 1. The number of nitrogens with two attached hydrogens (primary N) is 1. The van der Waals surface area contributed by atoms with E-state index < -0.39 is 6.29 Å². The van der Waals surface area contributed by atoms with E-state index in [1.807, 2.05) is 6.92 Å². The van der Waals surface area contributed by atoms with E-state index in [0.29, 0.717) is 18.4 Å². The van der Waals surface area contributed by atoms with Gasteiger partial charge in [0.25, 0.3) is 0 Å². The molecule has 3 rings (SSSR count). The van der Waals surface area contributed by atoms with Crippen LogP contribution in [0.3, 0.4) is 0 Å². The third kappa shape index (κ3) is 1.69. The molecule has 0 heterocycles. The standard InChI is InChI=1S/C11H21NO2/c1-2-14-11(13)9-7-3-5-8(6-4-7)10(9)12/h7-11,13H,2-6,12H2,1H3. The van der Waals surface area contributed by atoms with Gasteiger partial charge < -0.3 is 15.6 Å². The second-order valence-electron chi connectivity index (χ2n) is 4.68. The lowest BCUT2D eigenvalue weighted by Gasteiger charge is -2.48. The van der Waals surface area contributed by atoms with Crippen LogP contribution in [0.5, 0.6) is 0 Å². The topological polar surface area (TPSA) is 55.5 Å². The van der Waals surface area contributed by atoms with Gasteiger partial charge in [0.05, 0.1) is 0 Å². The van der Waals surface area contributed by atoms with Gasteiger partial charge in [-0.1, -0.05) is 0 Å². The van der Waals surface area contributed by atoms with Gasteiger partial charge in [-0.15, -0.1) is 0 Å². The molecule has 3 atom stereocenters. The summed E-state index contributed by atoms with van der Waals surface area (Å²) in [6, 6.07) is 0.157. The Morgan fingerprint density at radius 2 is 1.86 bits per heavy atom. The van der Waals surface area contributed by atoms with Crippen molar-refractivity contribution in [2.24, 2.45) is 23.5 Å². The molecule has 82 valence electrons. The molecule has 0 amide bonds. The van der Waals surface area contributed by atoms with Gasteiger partial charge in [-0.2, -0.15) is 0 Å². The minimum absolute atomic E-state index is 0.157. The van der Waals surface area contributed by atoms with E-state index in [1.54, 1.807) is 0 Å². The Morgan fingerprint density at radius 3 is 2.36 bits per heavy atom. The summed E-state index contributed by atoms with van der Waals surface area (Å²) in [5.41, 5.74) is 6.16. The molecule has 0 saturated heterocycles. The van der Waals surface area contributed by atoms with Crippen LogP contribution in [0.25, 0.3) is 0 Å². The lowest BCUT2D eigenvalue weighted by atomic mass is 9.62. The molecule has 0 aromatic rings. The SMILES string of the molecule is CCOC(O)C1C2CCC(CC2)C1N. The van der Waals surface area contributed by atoms with E-state index in [-0.39, 0.29) is 12.0 Å². The minimum Gasteiger partial charge on any atom is -0.368 e. The van der Waals surface area contributed by atoms with Gasteiger partial charge in [-0.25, -0.2) is 0 Å². The van der Waals surface area contributed by atoms with E-state index in [2.05, 4.69) is 0 Å². The van der Waals surface area contributed by atoms with Crippen LogP contribution in [0.15, 0.2) is 0 Å². The maximum absolute atomic E-state index is 9.86. The van der Waals surface area contributed by atoms with Crippen LogP contribution >= 0.6 is 0 Å². The van der Waals surface area contributed by atoms with Gasteiger partial charge in [0.15, 0.2) is 6.29 Å². The highest BCUT2D eigenvalue weighted by atomic mass is 16.6. The first-order valence-corrected chi connectivity index (χ1v) is 5.79. The number of aliphatic hydroxyl groups is 1. The van der Waals surface area contributed by atoms with E-state index >= 15 is 0 Å². The highest BCUT2D eigenvalue weighted by Gasteiger charge is 2.45. The molecule has 0 radical (unpaired) electrons. The Hall–Kier alpha value is -0.120. The molecule has 3 nitrogen and oxygen atoms in total. The molecule has 3 N–H and O–H groups in total. The fourth-order valence-electron chi connectivity index (χ4n) is 3.25. The Labute approximate surface area is 85.6 Å². The molecule has 0 aliphatic heterocycles. The number of aliphatic hydroxyl groups excluding tert-OH is 1. The monoisotopic (exact) mass is 199 g/mol. The highest BCUT2D eigenvalue weighted by molar-refractivity contribution is 4.96. The number of hydrogen-bond acceptors (Lipinski definition) is 3. The van der Waals surface area contributed by atoms with Crippen LogP contribution in [0.2, 0.25) is 0 Å². The van der Waals surface area contributed by atoms with Gasteiger partial charge in [0.2, 0.25) is 0 Å². The molecule has 0 spiro atoms. The average molecular weight is 199 g/mol. The zero-order valence-electron chi connectivity index (χ0n) is 8.86. The van der Waals surface area contributed by atoms with E-state index in [9.17, 15) is 5.11 Å². The molecule has 3 aliphatic carbocycles. The summed E-state index contributed by atoms with van der Waals surface area (Å²) in [6.07, 6.45) is 4.32. The van der Waals surface area contributed by atoms with E-state index in [4.69, 9.17) is 10.5 Å². The van der Waals surface area contributed by atoms with Crippen LogP contribution < -0.4 is 5.73 Å². The molecule has 14 heavy (non-hydrogen) atoms. The molecule has 2 bridgehead atoms. The van der Waals surface area contributed by atoms with Crippen molar-refractivity contribution >= 4 is 0 Å². The minimum atomic E-state index is -0.636. The third-order valence-corrected chi connectivity index (χ3v) is 4.02. The second-order valence-corrected chi connectivity index (χ2v) is 4.68. The quantitative estimate of drug-likeness (QED) is 0.669. The third-order valence-electron chi connectivity index (χ3n) is 4.02. The molecule has 0 aromatic carbocycles. The van der Waals surface area contributed by atoms with Crippen molar-refractivity contribution < 1.29 is 9.84 Å². The molecular formula is C11H21NO2. The van der Waals surface area contributed by atoms with Crippen molar-refractivity contribution in [2.75, 3.05) is 6.61 Å². The van der Waals surface area contributed by atoms with Crippen molar-refractivity contribution in [1.82, 2.24) is 0 Å². The molecule has 3 unspecified atom stereocenters. The zero-order chi connectivity index (χ0) is 10.1. The lowest BCUT2D eigenvalue weighted by molar-refractivity contribution is -0.170. The van der Waals surface area contributed by atoms with Gasteiger partial charge >= 0.3 is 0 Å². The van der Waals surface area contributed by atoms with Gasteiger partial charge in [-0.3, -0.25) is 0 Å². The largest absolute Gasteiger partial charge is 0.368 e. The van der Waals surface area contributed by atoms with Crippen LogP contribution in [0.4, 0.5) is 0 Å². The number of fused-ring (bicyclic) bond motifs is 3. The highest BCUT2D eigenvalue weighted by Crippen LogP contribution is 2.45. The summed E-state index contributed by atoms with van der Waals surface area (Å²) in [5.74, 6) is 1.40. The first kappa shape index (κ1) is 10.4. The number of hydrogen-bond donors (Lipinski definition) is 2. The fourth-order valence-corrected chi connectivity index (χ4v) is 3.25. The van der Waals surface area contributed by atoms with Crippen molar-refractivity contribution in [2.45, 2.75) is 44.9 Å². The molecular weight excluding hydrogens is 178 g/mol. The first-order valence-electron chi connectivity index (χ1n) is 5.79. The van der Waals surface area contributed by atoms with Gasteiger partial charge in [0, 0.05) is 18.6 Å². The van der Waals surface area contributed by atoms with Gasteiger partial charge in [0.1, 0.15) is 0 Å². The number of rotatable bonds is 3. The normalized spacial score (nSPS) is 43.9. The second kappa shape index (κ2) is 4.17. The smallest absolute Gasteiger partial charge is 0.159 e. The van der Waals surface area contributed by atoms with Crippen LogP contribution in [0, 0.1) is 17.8 Å². The summed E-state index contributed by atoms with van der Waals surface area (Å²) < 4.78 is 5.28. The Kier molecular flexibility index (Phi) is 3.10. The van der Waals surface area contributed by atoms with Crippen LogP contribution in [-0.2, 0) is 4.74 Å². The predicted octanol–water partition coefficient (Wildman–Crippen LogP) is 1.10. The van der Waals surface area contributed by atoms with Crippen molar-refractivity contribution in [3.63, 3.8) is 0 Å². The molecule has 3 saturated carbocycles. The van der Waals surface area contributed by atoms with E-state index in [1.165, 1.54) is 25.7 Å². The summed E-state index contributed by atoms with van der Waals surface area (Å²) in [7, 11) is 0. The molecule has 0 aromatic heterocycles. The van der Waals surface area contributed by atoms with Gasteiger partial charge in [-0.05, 0) is 44.4 Å². The predicted molar refractivity (Wildman–Crippen MR) is 54.5 cm³/mol. The van der Waals surface area contributed by atoms with Crippen molar-refractivity contribution in [3.8, 4) is 0 Å². The first-order chi connectivity index (χ1) is 6.74. The summed E-state index contributed by atoms with van der Waals surface area (Å²) in [5, 5.41) is 9.86. The lowest BCUT2D eigenvalue weighted by Crippen LogP contribution is -2.54. The van der Waals surface area contributed by atoms with E-state index in [0.717, 1.165) is 0 Å². The van der Waals surface area contributed by atoms with Crippen molar-refractivity contribution in [1.29, 1.82) is 0 Å². The molecule has 3 aliphatic rings. The fraction of sp³-hybridized carbons (Fsp3) is 1.00. The summed E-state index contributed by atoms with van der Waals surface area (Å²) in [6.45, 7) is 2.48. The zero-order valence-corrected chi connectivity index (χ0v) is 8.86. The summed E-state index contributed by atoms with van der Waals surface area (Å²) >= 11 is 0. The Morgan fingerprint density at radius 1 is 1.29 bits per heavy atom. The molecule has 3 fully saturated rings. The van der Waals surface area contributed by atoms with Crippen molar-refractivity contribution in [3.05, 3.63) is 0 Å². The average Bonchev–Trinajstić information content (AvgIpc) is 2.19. The maximum Gasteiger partial charge on any atom is 0.159 e. The Balaban J connectivity index is 2.03. The maximum atomic E-state index is 9.86. The molecule has 3 heteroatoms. The Bertz CT molecular complexity index is 188. The van der Waals surface area contributed by atoms with Crippen LogP contribution in [-0.4, -0.2) is 24.0 Å². The van der Waals surface area contributed by atoms with Crippen LogP contribution in [0.1, 0.15) is 32.6 Å². The summed E-state index contributed by atoms with van der Waals surface area (Å²) in [4.78, 5) is 0.